The van der Waals surface area contributed by atoms with Crippen LogP contribution in [0.1, 0.15) is 13.3 Å². The molecule has 2 N–H and O–H groups in total. The first kappa shape index (κ1) is 20.0. The molecule has 1 unspecified atom stereocenters. The molecule has 3 aromatic rings. The first-order valence-electron chi connectivity index (χ1n) is 9.38. The number of pyridine rings is 1. The Morgan fingerprint density at radius 3 is 2.73 bits per heavy atom. The predicted molar refractivity (Wildman–Crippen MR) is 110 cm³/mol. The van der Waals surface area contributed by atoms with Crippen LogP contribution in [-0.4, -0.2) is 65.3 Å². The molecule has 4 rings (SSSR count). The number of tetrazole rings is 1. The van der Waals surface area contributed by atoms with E-state index in [2.05, 4.69) is 35.8 Å². The van der Waals surface area contributed by atoms with Crippen molar-refractivity contribution in [3.05, 3.63) is 36.5 Å². The van der Waals surface area contributed by atoms with Crippen LogP contribution in [0.5, 0.6) is 0 Å². The fourth-order valence-corrected chi connectivity index (χ4v) is 4.58. The van der Waals surface area contributed by atoms with E-state index >= 15 is 0 Å². The van der Waals surface area contributed by atoms with E-state index < -0.39 is 9.84 Å². The number of rotatable bonds is 5. The number of amides is 1. The van der Waals surface area contributed by atoms with Gasteiger partial charge in [-0.15, -0.1) is 10.2 Å². The van der Waals surface area contributed by atoms with Gasteiger partial charge in [0.15, 0.2) is 9.84 Å². The number of anilines is 1. The van der Waals surface area contributed by atoms with Gasteiger partial charge in [-0.05, 0) is 35.4 Å². The highest BCUT2D eigenvalue weighted by molar-refractivity contribution is 7.90. The van der Waals surface area contributed by atoms with Crippen molar-refractivity contribution < 1.29 is 13.2 Å². The Balaban J connectivity index is 1.68. The molecule has 1 amide bonds. The molecule has 0 radical (unpaired) electrons. The predicted octanol–water partition coefficient (Wildman–Crippen LogP) is 1.05. The Morgan fingerprint density at radius 2 is 2.10 bits per heavy atom. The van der Waals surface area contributed by atoms with E-state index in [0.29, 0.717) is 17.7 Å². The van der Waals surface area contributed by atoms with Crippen molar-refractivity contribution >= 4 is 21.6 Å². The molecule has 2 aromatic heterocycles. The number of sulfone groups is 1. The van der Waals surface area contributed by atoms with Gasteiger partial charge in [0.2, 0.25) is 11.7 Å². The van der Waals surface area contributed by atoms with Crippen LogP contribution in [0.3, 0.4) is 0 Å². The van der Waals surface area contributed by atoms with Crippen LogP contribution in [0.4, 0.5) is 5.82 Å². The monoisotopic (exact) mass is 427 g/mol. The number of aromatic amines is 1. The third kappa shape index (κ3) is 4.01. The molecule has 11 heteroatoms. The van der Waals surface area contributed by atoms with E-state index in [4.69, 9.17) is 0 Å². The number of nitrogens with one attached hydrogen (secondary N) is 2. The standard InChI is InChI=1S/C19H21N7O3S/c1-12(27)21-14-8-9-26(11-14)17-7-6-13(10-20-17)15-4-3-5-16(30(2,28)29)18(15)19-22-24-25-23-19/h3-7,10,14H,8-9,11H2,1-2H3,(H,21,27)(H,22,23,24,25). The number of hydrogen-bond acceptors (Lipinski definition) is 8. The first-order valence-corrected chi connectivity index (χ1v) is 11.3. The van der Waals surface area contributed by atoms with Crippen molar-refractivity contribution in [3.63, 3.8) is 0 Å². The molecule has 0 saturated carbocycles. The SMILES string of the molecule is CC(=O)NC1CCN(c2ccc(-c3cccc(S(C)(=O)=O)c3-c3nn[nH]n3)cn2)C1. The maximum absolute atomic E-state index is 12.3. The summed E-state index contributed by atoms with van der Waals surface area (Å²) in [5.41, 5.74) is 1.77. The summed E-state index contributed by atoms with van der Waals surface area (Å²) in [6, 6.07) is 8.90. The van der Waals surface area contributed by atoms with E-state index in [1.807, 2.05) is 12.1 Å². The zero-order chi connectivity index (χ0) is 21.3. The second-order valence-electron chi connectivity index (χ2n) is 7.22. The van der Waals surface area contributed by atoms with E-state index in [0.717, 1.165) is 30.6 Å². The van der Waals surface area contributed by atoms with E-state index in [1.165, 1.54) is 13.0 Å². The van der Waals surface area contributed by atoms with Crippen molar-refractivity contribution in [2.75, 3.05) is 24.2 Å². The van der Waals surface area contributed by atoms with Crippen LogP contribution in [0.2, 0.25) is 0 Å². The van der Waals surface area contributed by atoms with Crippen molar-refractivity contribution in [1.29, 1.82) is 0 Å². The second kappa shape index (κ2) is 7.82. The summed E-state index contributed by atoms with van der Waals surface area (Å²) in [6.07, 6.45) is 3.71. The van der Waals surface area contributed by atoms with Crippen LogP contribution < -0.4 is 10.2 Å². The third-order valence-electron chi connectivity index (χ3n) is 4.97. The van der Waals surface area contributed by atoms with E-state index in [1.54, 1.807) is 18.3 Å². The first-order chi connectivity index (χ1) is 14.3. The minimum absolute atomic E-state index is 0.0371. The molecular formula is C19H21N7O3S. The lowest BCUT2D eigenvalue weighted by molar-refractivity contribution is -0.119. The smallest absolute Gasteiger partial charge is 0.217 e. The van der Waals surface area contributed by atoms with Gasteiger partial charge in [-0.3, -0.25) is 4.79 Å². The Hall–Kier alpha value is -3.34. The van der Waals surface area contributed by atoms with E-state index in [-0.39, 0.29) is 22.7 Å². The molecule has 156 valence electrons. The molecule has 1 saturated heterocycles. The number of benzene rings is 1. The van der Waals surface area contributed by atoms with Crippen LogP contribution >= 0.6 is 0 Å². The molecule has 30 heavy (non-hydrogen) atoms. The fraction of sp³-hybridized carbons (Fsp3) is 0.316. The summed E-state index contributed by atoms with van der Waals surface area (Å²) >= 11 is 0. The van der Waals surface area contributed by atoms with Gasteiger partial charge in [-0.25, -0.2) is 13.4 Å². The highest BCUT2D eigenvalue weighted by Gasteiger charge is 2.25. The Morgan fingerprint density at radius 1 is 1.27 bits per heavy atom. The zero-order valence-electron chi connectivity index (χ0n) is 16.5. The van der Waals surface area contributed by atoms with Gasteiger partial charge in [-0.1, -0.05) is 12.1 Å². The van der Waals surface area contributed by atoms with Gasteiger partial charge in [0, 0.05) is 49.6 Å². The maximum Gasteiger partial charge on any atom is 0.217 e. The van der Waals surface area contributed by atoms with Gasteiger partial charge in [0.05, 0.1) is 4.90 Å². The molecule has 0 spiro atoms. The number of carbonyl (C=O) groups is 1. The normalized spacial score (nSPS) is 16.6. The molecule has 1 atom stereocenters. The quantitative estimate of drug-likeness (QED) is 0.617. The molecule has 0 bridgehead atoms. The lowest BCUT2D eigenvalue weighted by Gasteiger charge is -2.18. The van der Waals surface area contributed by atoms with Gasteiger partial charge < -0.3 is 10.2 Å². The molecule has 1 aromatic carbocycles. The topological polar surface area (TPSA) is 134 Å². The largest absolute Gasteiger partial charge is 0.354 e. The molecule has 1 fully saturated rings. The highest BCUT2D eigenvalue weighted by atomic mass is 32.2. The number of carbonyl (C=O) groups excluding carboxylic acids is 1. The van der Waals surface area contributed by atoms with E-state index in [9.17, 15) is 13.2 Å². The molecule has 3 heterocycles. The molecule has 1 aliphatic heterocycles. The van der Waals surface area contributed by atoms with Crippen LogP contribution in [0, 0.1) is 0 Å². The number of H-pyrrole nitrogens is 1. The van der Waals surface area contributed by atoms with Crippen molar-refractivity contribution in [1.82, 2.24) is 30.9 Å². The van der Waals surface area contributed by atoms with Gasteiger partial charge in [-0.2, -0.15) is 5.21 Å². The lowest BCUT2D eigenvalue weighted by Crippen LogP contribution is -2.35. The van der Waals surface area contributed by atoms with Gasteiger partial charge in [0.25, 0.3) is 0 Å². The molecular weight excluding hydrogens is 406 g/mol. The summed E-state index contributed by atoms with van der Waals surface area (Å²) in [4.78, 5) is 18.1. The maximum atomic E-state index is 12.3. The number of aromatic nitrogens is 5. The van der Waals surface area contributed by atoms with Crippen molar-refractivity contribution in [2.45, 2.75) is 24.3 Å². The van der Waals surface area contributed by atoms with Crippen LogP contribution in [-0.2, 0) is 14.6 Å². The summed E-state index contributed by atoms with van der Waals surface area (Å²) in [6.45, 7) is 3.01. The lowest BCUT2D eigenvalue weighted by atomic mass is 10.0. The molecule has 10 nitrogen and oxygen atoms in total. The summed E-state index contributed by atoms with van der Waals surface area (Å²) in [7, 11) is -3.51. The van der Waals surface area contributed by atoms with Crippen LogP contribution in [0.15, 0.2) is 41.4 Å². The Labute approximate surface area is 173 Å². The highest BCUT2D eigenvalue weighted by Crippen LogP contribution is 2.35. The minimum atomic E-state index is -3.51. The van der Waals surface area contributed by atoms with Gasteiger partial charge >= 0.3 is 0 Å². The number of nitrogens with zero attached hydrogens (tertiary/aromatic N) is 5. The van der Waals surface area contributed by atoms with Crippen molar-refractivity contribution in [2.24, 2.45) is 0 Å². The minimum Gasteiger partial charge on any atom is -0.354 e. The van der Waals surface area contributed by atoms with Crippen molar-refractivity contribution in [3.8, 4) is 22.5 Å². The zero-order valence-corrected chi connectivity index (χ0v) is 17.3. The number of hydrogen-bond donors (Lipinski definition) is 2. The molecule has 1 aliphatic rings. The Bertz CT molecular complexity index is 1160. The second-order valence-corrected chi connectivity index (χ2v) is 9.21. The average molecular weight is 427 g/mol. The Kier molecular flexibility index (Phi) is 5.20. The molecule has 0 aliphatic carbocycles. The summed E-state index contributed by atoms with van der Waals surface area (Å²) in [5.74, 6) is 0.963. The third-order valence-corrected chi connectivity index (χ3v) is 6.11. The van der Waals surface area contributed by atoms with Gasteiger partial charge in [0.1, 0.15) is 5.82 Å². The fourth-order valence-electron chi connectivity index (χ4n) is 3.69. The average Bonchev–Trinajstić information content (AvgIpc) is 3.38. The van der Waals surface area contributed by atoms with Crippen LogP contribution in [0.25, 0.3) is 22.5 Å². The summed E-state index contributed by atoms with van der Waals surface area (Å²) in [5, 5.41) is 16.8. The summed E-state index contributed by atoms with van der Waals surface area (Å²) < 4.78 is 24.7.